The standard InChI is InChI=1S/C19H32O3/c1-2-3-11-14-18(17-20)15-12-9-7-5-4-6-8-10-13-16-19(21)22/h7,9,12,15,17-18H,2-6,8,10-11,13-14,16H2,1H3,(H,21,22). The van der Waals surface area contributed by atoms with E-state index in [0.717, 1.165) is 57.7 Å². The maximum Gasteiger partial charge on any atom is 0.303 e. The molecule has 0 amide bonds. The van der Waals surface area contributed by atoms with Gasteiger partial charge >= 0.3 is 5.97 Å². The van der Waals surface area contributed by atoms with Crippen molar-refractivity contribution in [3.63, 3.8) is 0 Å². The van der Waals surface area contributed by atoms with E-state index in [4.69, 9.17) is 5.11 Å². The van der Waals surface area contributed by atoms with Gasteiger partial charge in [0.15, 0.2) is 0 Å². The lowest BCUT2D eigenvalue weighted by Gasteiger charge is -2.02. The quantitative estimate of drug-likeness (QED) is 0.253. The van der Waals surface area contributed by atoms with Crippen molar-refractivity contribution in [3.8, 4) is 0 Å². The van der Waals surface area contributed by atoms with Gasteiger partial charge in [0.1, 0.15) is 6.29 Å². The van der Waals surface area contributed by atoms with Crippen molar-refractivity contribution >= 4 is 12.3 Å². The van der Waals surface area contributed by atoms with Gasteiger partial charge in [0.2, 0.25) is 0 Å². The van der Waals surface area contributed by atoms with Gasteiger partial charge in [-0.2, -0.15) is 0 Å². The van der Waals surface area contributed by atoms with Crippen LogP contribution in [0.1, 0.15) is 77.6 Å². The number of aldehydes is 1. The van der Waals surface area contributed by atoms with Gasteiger partial charge in [0.05, 0.1) is 0 Å². The highest BCUT2D eigenvalue weighted by molar-refractivity contribution is 5.66. The molecule has 1 unspecified atom stereocenters. The summed E-state index contributed by atoms with van der Waals surface area (Å²) >= 11 is 0. The molecular weight excluding hydrogens is 276 g/mol. The predicted octanol–water partition coefficient (Wildman–Crippen LogP) is 5.31. The molecule has 0 saturated carbocycles. The molecule has 0 aromatic carbocycles. The molecule has 3 nitrogen and oxygen atoms in total. The Kier molecular flexibility index (Phi) is 15.0. The fourth-order valence-corrected chi connectivity index (χ4v) is 2.29. The van der Waals surface area contributed by atoms with E-state index in [1.807, 2.05) is 18.2 Å². The maximum atomic E-state index is 10.9. The largest absolute Gasteiger partial charge is 0.481 e. The molecule has 0 rings (SSSR count). The Morgan fingerprint density at radius 2 is 1.73 bits per heavy atom. The molecule has 126 valence electrons. The fourth-order valence-electron chi connectivity index (χ4n) is 2.29. The Hall–Kier alpha value is -1.38. The number of carbonyl (C=O) groups excluding carboxylic acids is 1. The summed E-state index contributed by atoms with van der Waals surface area (Å²) in [5.41, 5.74) is 0. The van der Waals surface area contributed by atoms with E-state index in [2.05, 4.69) is 13.0 Å². The van der Waals surface area contributed by atoms with Crippen LogP contribution in [-0.4, -0.2) is 17.4 Å². The van der Waals surface area contributed by atoms with E-state index in [1.54, 1.807) is 0 Å². The van der Waals surface area contributed by atoms with Gasteiger partial charge in [-0.3, -0.25) is 4.79 Å². The highest BCUT2D eigenvalue weighted by Gasteiger charge is 2.00. The van der Waals surface area contributed by atoms with Crippen LogP contribution in [0, 0.1) is 5.92 Å². The molecule has 0 fully saturated rings. The molecule has 1 atom stereocenters. The number of allylic oxidation sites excluding steroid dienone is 4. The lowest BCUT2D eigenvalue weighted by atomic mass is 10.0. The van der Waals surface area contributed by atoms with Crippen molar-refractivity contribution in [2.75, 3.05) is 0 Å². The first kappa shape index (κ1) is 20.6. The Morgan fingerprint density at radius 1 is 1.00 bits per heavy atom. The molecule has 0 spiro atoms. The summed E-state index contributed by atoms with van der Waals surface area (Å²) < 4.78 is 0. The van der Waals surface area contributed by atoms with Gasteiger partial charge in [-0.15, -0.1) is 0 Å². The minimum Gasteiger partial charge on any atom is -0.481 e. The van der Waals surface area contributed by atoms with Crippen LogP contribution < -0.4 is 0 Å². The molecule has 0 bridgehead atoms. The summed E-state index contributed by atoms with van der Waals surface area (Å²) in [5, 5.41) is 8.52. The molecule has 3 heteroatoms. The van der Waals surface area contributed by atoms with E-state index in [-0.39, 0.29) is 5.92 Å². The van der Waals surface area contributed by atoms with E-state index < -0.39 is 5.97 Å². The zero-order chi connectivity index (χ0) is 16.5. The number of hydrogen-bond donors (Lipinski definition) is 1. The topological polar surface area (TPSA) is 54.4 Å². The second kappa shape index (κ2) is 16.0. The molecule has 0 radical (unpaired) electrons. The van der Waals surface area contributed by atoms with Crippen LogP contribution in [0.25, 0.3) is 0 Å². The van der Waals surface area contributed by atoms with E-state index in [1.165, 1.54) is 12.8 Å². The van der Waals surface area contributed by atoms with Crippen LogP contribution >= 0.6 is 0 Å². The summed E-state index contributed by atoms with van der Waals surface area (Å²) in [5.74, 6) is -0.636. The van der Waals surface area contributed by atoms with Gasteiger partial charge in [0, 0.05) is 12.3 Å². The third kappa shape index (κ3) is 15.0. The first-order chi connectivity index (χ1) is 10.7. The van der Waals surface area contributed by atoms with E-state index in [0.29, 0.717) is 6.42 Å². The van der Waals surface area contributed by atoms with Crippen LogP contribution in [0.5, 0.6) is 0 Å². The van der Waals surface area contributed by atoms with Crippen LogP contribution in [0.15, 0.2) is 24.3 Å². The van der Waals surface area contributed by atoms with Crippen molar-refractivity contribution in [2.45, 2.75) is 77.6 Å². The van der Waals surface area contributed by atoms with E-state index >= 15 is 0 Å². The van der Waals surface area contributed by atoms with Gasteiger partial charge < -0.3 is 9.90 Å². The molecule has 0 saturated heterocycles. The monoisotopic (exact) mass is 308 g/mol. The molecule has 0 aliphatic carbocycles. The molecule has 22 heavy (non-hydrogen) atoms. The number of aliphatic carboxylic acids is 1. The first-order valence-corrected chi connectivity index (χ1v) is 8.71. The zero-order valence-electron chi connectivity index (χ0n) is 14.0. The highest BCUT2D eigenvalue weighted by Crippen LogP contribution is 2.10. The second-order valence-electron chi connectivity index (χ2n) is 5.81. The Morgan fingerprint density at radius 3 is 2.41 bits per heavy atom. The lowest BCUT2D eigenvalue weighted by Crippen LogP contribution is -1.97. The van der Waals surface area contributed by atoms with Crippen molar-refractivity contribution < 1.29 is 14.7 Å². The average molecular weight is 308 g/mol. The minimum atomic E-state index is -0.696. The minimum absolute atomic E-state index is 0.0606. The Labute approximate surface area is 135 Å². The third-order valence-electron chi connectivity index (χ3n) is 3.68. The fraction of sp³-hybridized carbons (Fsp3) is 0.684. The molecule has 0 heterocycles. The SMILES string of the molecule is CCCCCC(C=O)C=CC=CCCCCCCCC(=O)O. The van der Waals surface area contributed by atoms with Crippen molar-refractivity contribution in [1.82, 2.24) is 0 Å². The number of rotatable bonds is 15. The zero-order valence-corrected chi connectivity index (χ0v) is 14.0. The number of carboxylic acid groups (broad SMARTS) is 1. The Balaban J connectivity index is 3.53. The average Bonchev–Trinajstić information content (AvgIpc) is 2.50. The summed E-state index contributed by atoms with van der Waals surface area (Å²) in [6, 6.07) is 0. The van der Waals surface area contributed by atoms with Gasteiger partial charge in [-0.25, -0.2) is 0 Å². The number of carboxylic acids is 1. The summed E-state index contributed by atoms with van der Waals surface area (Å²) in [6.45, 7) is 2.17. The van der Waals surface area contributed by atoms with Crippen LogP contribution in [-0.2, 0) is 9.59 Å². The molecule has 0 aromatic heterocycles. The number of unbranched alkanes of at least 4 members (excludes halogenated alkanes) is 7. The maximum absolute atomic E-state index is 10.9. The normalized spacial score (nSPS) is 13.0. The smallest absolute Gasteiger partial charge is 0.303 e. The molecule has 0 aliphatic rings. The lowest BCUT2D eigenvalue weighted by molar-refractivity contribution is -0.137. The van der Waals surface area contributed by atoms with Gasteiger partial charge in [-0.05, 0) is 25.7 Å². The van der Waals surface area contributed by atoms with Crippen LogP contribution in [0.4, 0.5) is 0 Å². The highest BCUT2D eigenvalue weighted by atomic mass is 16.4. The van der Waals surface area contributed by atoms with Crippen LogP contribution in [0.3, 0.4) is 0 Å². The molecular formula is C19H32O3. The molecule has 1 N–H and O–H groups in total. The number of carbonyl (C=O) groups is 2. The third-order valence-corrected chi connectivity index (χ3v) is 3.68. The van der Waals surface area contributed by atoms with Crippen LogP contribution in [0.2, 0.25) is 0 Å². The van der Waals surface area contributed by atoms with Gasteiger partial charge in [0.25, 0.3) is 0 Å². The number of hydrogen-bond acceptors (Lipinski definition) is 2. The van der Waals surface area contributed by atoms with Crippen molar-refractivity contribution in [2.24, 2.45) is 5.92 Å². The predicted molar refractivity (Wildman–Crippen MR) is 91.9 cm³/mol. The van der Waals surface area contributed by atoms with Crippen molar-refractivity contribution in [3.05, 3.63) is 24.3 Å². The Bertz CT molecular complexity index is 332. The molecule has 0 aromatic rings. The first-order valence-electron chi connectivity index (χ1n) is 8.71. The summed E-state index contributed by atoms with van der Waals surface area (Å²) in [4.78, 5) is 21.3. The van der Waals surface area contributed by atoms with Crippen molar-refractivity contribution in [1.29, 1.82) is 0 Å². The molecule has 0 aliphatic heterocycles. The summed E-state index contributed by atoms with van der Waals surface area (Å²) in [7, 11) is 0. The second-order valence-corrected chi connectivity index (χ2v) is 5.81. The van der Waals surface area contributed by atoms with E-state index in [9.17, 15) is 9.59 Å². The van der Waals surface area contributed by atoms with Gasteiger partial charge in [-0.1, -0.05) is 69.8 Å². The summed E-state index contributed by atoms with van der Waals surface area (Å²) in [6.07, 6.45) is 20.2.